The van der Waals surface area contributed by atoms with Crippen molar-refractivity contribution in [2.75, 3.05) is 19.5 Å². The highest BCUT2D eigenvalue weighted by atomic mass is 28.4. The Morgan fingerprint density at radius 1 is 1.00 bits per heavy atom. The van der Waals surface area contributed by atoms with Gasteiger partial charge in [-0.1, -0.05) is 81.4 Å². The Morgan fingerprint density at radius 2 is 1.64 bits per heavy atom. The number of methoxy groups -OCH3 is 1. The van der Waals surface area contributed by atoms with Gasteiger partial charge in [-0.15, -0.1) is 5.16 Å². The molecule has 1 fully saturated rings. The molecule has 0 spiro atoms. The number of benzene rings is 2. The number of nitrogen functional groups attached to an aromatic ring is 1. The lowest BCUT2D eigenvalue weighted by atomic mass is 10.1. The van der Waals surface area contributed by atoms with Crippen LogP contribution < -0.4 is 16.1 Å². The largest absolute Gasteiger partial charge is 0.399 e. The zero-order valence-corrected chi connectivity index (χ0v) is 23.6. The summed E-state index contributed by atoms with van der Waals surface area (Å²) in [6, 6.07) is 20.9. The number of ether oxygens (including phenoxy) is 2. The van der Waals surface area contributed by atoms with E-state index in [-0.39, 0.29) is 11.6 Å². The van der Waals surface area contributed by atoms with Crippen LogP contribution in [-0.4, -0.2) is 66.6 Å². The fourth-order valence-electron chi connectivity index (χ4n) is 5.54. The standard InChI is InChI=1S/C28H34N6O4Si/c1-28(2,3)39(19-12-8-6-9-13-19,20-14-10-7-11-15-20)38-23-21(16-36-30-4)37-27(24(23)35-5)34-18-33-22-25(29)31-17-32-26(22)34/h6-15,17-18,21,23-24,27H,4,16H2,1-3,5H3,(H2,29,31,32)/t21-,23-,24-,27-/m1/s1. The van der Waals surface area contributed by atoms with Crippen molar-refractivity contribution in [2.24, 2.45) is 5.16 Å². The van der Waals surface area contributed by atoms with Gasteiger partial charge >= 0.3 is 0 Å². The predicted octanol–water partition coefficient (Wildman–Crippen LogP) is 2.90. The molecular weight excluding hydrogens is 512 g/mol. The maximum absolute atomic E-state index is 7.47. The van der Waals surface area contributed by atoms with Crippen molar-refractivity contribution in [2.45, 2.75) is 50.3 Å². The van der Waals surface area contributed by atoms with Crippen LogP contribution in [0.2, 0.25) is 5.04 Å². The third-order valence-corrected chi connectivity index (χ3v) is 12.3. The quantitative estimate of drug-likeness (QED) is 0.193. The van der Waals surface area contributed by atoms with Gasteiger partial charge < -0.3 is 24.5 Å². The second-order valence-electron chi connectivity index (χ2n) is 10.5. The first-order valence-electron chi connectivity index (χ1n) is 12.8. The zero-order valence-electron chi connectivity index (χ0n) is 22.6. The van der Waals surface area contributed by atoms with Crippen molar-refractivity contribution in [3.05, 3.63) is 73.3 Å². The van der Waals surface area contributed by atoms with Crippen LogP contribution in [0.5, 0.6) is 0 Å². The first-order valence-corrected chi connectivity index (χ1v) is 14.7. The van der Waals surface area contributed by atoms with Crippen LogP contribution in [0.3, 0.4) is 0 Å². The summed E-state index contributed by atoms with van der Waals surface area (Å²) in [6.45, 7) is 10.3. The molecule has 2 aromatic heterocycles. The molecule has 39 heavy (non-hydrogen) atoms. The average Bonchev–Trinajstić information content (AvgIpc) is 3.52. The number of oxime groups is 1. The van der Waals surface area contributed by atoms with Crippen LogP contribution in [-0.2, 0) is 18.7 Å². The van der Waals surface area contributed by atoms with Crippen molar-refractivity contribution in [3.63, 3.8) is 0 Å². The summed E-state index contributed by atoms with van der Waals surface area (Å²) in [6.07, 6.45) is 0.856. The number of rotatable bonds is 9. The smallest absolute Gasteiger partial charge is 0.261 e. The van der Waals surface area contributed by atoms with E-state index in [1.807, 2.05) is 16.7 Å². The number of imidazole rings is 1. The van der Waals surface area contributed by atoms with E-state index in [4.69, 9.17) is 24.5 Å². The maximum atomic E-state index is 7.47. The van der Waals surface area contributed by atoms with Crippen molar-refractivity contribution in [1.82, 2.24) is 19.5 Å². The third kappa shape index (κ3) is 4.71. The first kappa shape index (κ1) is 26.9. The van der Waals surface area contributed by atoms with Gasteiger partial charge in [-0.25, -0.2) is 15.0 Å². The number of anilines is 1. The molecule has 0 amide bonds. The van der Waals surface area contributed by atoms with E-state index in [1.165, 1.54) is 6.33 Å². The van der Waals surface area contributed by atoms with Gasteiger partial charge in [0.1, 0.15) is 36.8 Å². The van der Waals surface area contributed by atoms with Crippen LogP contribution in [0.1, 0.15) is 27.0 Å². The molecule has 0 saturated carbocycles. The van der Waals surface area contributed by atoms with Gasteiger partial charge in [0, 0.05) is 13.8 Å². The number of hydrogen-bond acceptors (Lipinski definition) is 9. The second kappa shape index (κ2) is 10.9. The molecule has 1 saturated heterocycles. The topological polar surface area (TPSA) is 119 Å². The van der Waals surface area contributed by atoms with Gasteiger partial charge in [-0.3, -0.25) is 4.57 Å². The fraction of sp³-hybridized carbons (Fsp3) is 0.357. The lowest BCUT2D eigenvalue weighted by molar-refractivity contribution is -0.0677. The van der Waals surface area contributed by atoms with E-state index in [0.29, 0.717) is 17.0 Å². The molecule has 3 heterocycles. The Hall–Kier alpha value is -3.64. The minimum absolute atomic E-state index is 0.131. The molecule has 2 aromatic carbocycles. The number of hydrogen-bond donors (Lipinski definition) is 1. The lowest BCUT2D eigenvalue weighted by Crippen LogP contribution is -2.69. The Kier molecular flexibility index (Phi) is 7.50. The molecule has 0 aliphatic carbocycles. The van der Waals surface area contributed by atoms with Crippen LogP contribution in [0.15, 0.2) is 78.5 Å². The monoisotopic (exact) mass is 546 g/mol. The number of nitrogens with zero attached hydrogens (tertiary/aromatic N) is 5. The molecule has 0 unspecified atom stereocenters. The lowest BCUT2D eigenvalue weighted by Gasteiger charge is -2.45. The zero-order chi connectivity index (χ0) is 27.6. The van der Waals surface area contributed by atoms with Gasteiger partial charge in [-0.05, 0) is 15.4 Å². The first-order chi connectivity index (χ1) is 18.8. The summed E-state index contributed by atoms with van der Waals surface area (Å²) in [5, 5.41) is 5.67. The maximum Gasteiger partial charge on any atom is 0.261 e. The summed E-state index contributed by atoms with van der Waals surface area (Å²) < 4.78 is 22.0. The molecule has 0 radical (unpaired) electrons. The summed E-state index contributed by atoms with van der Waals surface area (Å²) in [7, 11) is -1.31. The van der Waals surface area contributed by atoms with Crippen LogP contribution in [0.25, 0.3) is 11.2 Å². The SMILES string of the molecule is C=NOC[C@H]1O[C@@H](n2cnc3c(N)ncnc32)[C@H](OC)[C@@H]1O[Si](c1ccccc1)(c1ccccc1)C(C)(C)C. The number of nitrogens with two attached hydrogens (primary N) is 1. The molecular formula is C28H34N6O4Si. The molecule has 4 aromatic rings. The minimum Gasteiger partial charge on any atom is -0.399 e. The Bertz CT molecular complexity index is 1370. The van der Waals surface area contributed by atoms with Gasteiger partial charge in [0.15, 0.2) is 17.7 Å². The van der Waals surface area contributed by atoms with E-state index in [1.54, 1.807) is 13.4 Å². The molecule has 0 bridgehead atoms. The van der Waals surface area contributed by atoms with Gasteiger partial charge in [0.25, 0.3) is 8.32 Å². The Labute approximate surface area is 228 Å². The van der Waals surface area contributed by atoms with Crippen molar-refractivity contribution in [1.29, 1.82) is 0 Å². The highest BCUT2D eigenvalue weighted by Gasteiger charge is 2.57. The van der Waals surface area contributed by atoms with E-state index in [0.717, 1.165) is 10.4 Å². The average molecular weight is 547 g/mol. The van der Waals surface area contributed by atoms with Crippen LogP contribution in [0.4, 0.5) is 5.82 Å². The van der Waals surface area contributed by atoms with E-state index in [2.05, 4.69) is 96.1 Å². The fourth-order valence-corrected chi connectivity index (χ4v) is 10.2. The Balaban J connectivity index is 1.65. The van der Waals surface area contributed by atoms with Gasteiger partial charge in [-0.2, -0.15) is 0 Å². The van der Waals surface area contributed by atoms with Crippen molar-refractivity contribution < 1.29 is 18.7 Å². The van der Waals surface area contributed by atoms with Crippen molar-refractivity contribution >= 4 is 42.4 Å². The summed E-state index contributed by atoms with van der Waals surface area (Å²) in [4.78, 5) is 18.3. The van der Waals surface area contributed by atoms with Crippen LogP contribution in [0, 0.1) is 0 Å². The normalized spacial score (nSPS) is 21.7. The summed E-state index contributed by atoms with van der Waals surface area (Å²) >= 11 is 0. The molecule has 4 atom stereocenters. The molecule has 5 rings (SSSR count). The third-order valence-electron chi connectivity index (χ3n) is 7.28. The van der Waals surface area contributed by atoms with E-state index in [9.17, 15) is 0 Å². The van der Waals surface area contributed by atoms with E-state index < -0.39 is 32.9 Å². The highest BCUT2D eigenvalue weighted by Crippen LogP contribution is 2.42. The summed E-state index contributed by atoms with van der Waals surface area (Å²) in [5.41, 5.74) is 7.10. The number of fused-ring (bicyclic) bond motifs is 1. The highest BCUT2D eigenvalue weighted by molar-refractivity contribution is 6.99. The summed E-state index contributed by atoms with van der Waals surface area (Å²) in [5.74, 6) is 0.293. The second-order valence-corrected chi connectivity index (χ2v) is 14.8. The van der Waals surface area contributed by atoms with Crippen molar-refractivity contribution in [3.8, 4) is 0 Å². The molecule has 1 aliphatic rings. The molecule has 10 nitrogen and oxygen atoms in total. The molecule has 204 valence electrons. The van der Waals surface area contributed by atoms with Crippen LogP contribution >= 0.6 is 0 Å². The molecule has 2 N–H and O–H groups in total. The van der Waals surface area contributed by atoms with Gasteiger partial charge in [0.2, 0.25) is 0 Å². The van der Waals surface area contributed by atoms with E-state index >= 15 is 0 Å². The van der Waals surface area contributed by atoms with Gasteiger partial charge in [0.05, 0.1) is 6.33 Å². The molecule has 1 aliphatic heterocycles. The minimum atomic E-state index is -2.96. The molecule has 11 heteroatoms. The Morgan fingerprint density at radius 3 is 2.21 bits per heavy atom. The number of aromatic nitrogens is 4. The predicted molar refractivity (Wildman–Crippen MR) is 152 cm³/mol.